The highest BCUT2D eigenvalue weighted by Crippen LogP contribution is 2.23. The van der Waals surface area contributed by atoms with Gasteiger partial charge in [-0.25, -0.2) is 4.39 Å². The summed E-state index contributed by atoms with van der Waals surface area (Å²) < 4.78 is 14.0. The molecule has 2 fully saturated rings. The van der Waals surface area contributed by atoms with Crippen LogP contribution in [0.5, 0.6) is 0 Å². The predicted octanol–water partition coefficient (Wildman–Crippen LogP) is 3.84. The Labute approximate surface area is 189 Å². The minimum atomic E-state index is -0.222. The van der Waals surface area contributed by atoms with Gasteiger partial charge in [0.2, 0.25) is 0 Å². The number of nitrogens with zero attached hydrogens (tertiary/aromatic N) is 4. The number of amides is 1. The van der Waals surface area contributed by atoms with Gasteiger partial charge in [0.25, 0.3) is 5.91 Å². The lowest BCUT2D eigenvalue weighted by molar-refractivity contribution is -0.128. The fourth-order valence-electron chi connectivity index (χ4n) is 4.57. The lowest BCUT2D eigenvalue weighted by atomic mass is 9.90. The molecule has 4 rings (SSSR count). The minimum Gasteiger partial charge on any atom is -0.373 e. The molecule has 2 aromatic carbocycles. The number of likely N-dealkylation sites (tertiary alicyclic amines) is 1. The molecule has 0 radical (unpaired) electrons. The van der Waals surface area contributed by atoms with Crippen LogP contribution in [-0.4, -0.2) is 55.0 Å². The van der Waals surface area contributed by atoms with Gasteiger partial charge in [0.15, 0.2) is 0 Å². The monoisotopic (exact) mass is 432 g/mol. The Morgan fingerprint density at radius 2 is 1.62 bits per heavy atom. The molecule has 2 saturated heterocycles. The highest BCUT2D eigenvalue weighted by molar-refractivity contribution is 5.97. The number of carbonyl (C=O) groups excluding carboxylic acids is 1. The van der Waals surface area contributed by atoms with E-state index >= 15 is 0 Å². The molecule has 0 atom stereocenters. The maximum Gasteiger partial charge on any atom is 0.266 e. The number of nitriles is 1. The van der Waals surface area contributed by atoms with Crippen LogP contribution >= 0.6 is 0 Å². The van der Waals surface area contributed by atoms with Crippen LogP contribution in [0.3, 0.4) is 0 Å². The summed E-state index contributed by atoms with van der Waals surface area (Å²) in [5.41, 5.74) is 2.13. The molecule has 0 aliphatic carbocycles. The van der Waals surface area contributed by atoms with Crippen LogP contribution in [0.2, 0.25) is 0 Å². The standard InChI is InChI=1S/C26H29FN4O/c27-24-8-4-5-9-25(24)30-16-14-29(15-17-30)20-23(19-28)26(32)31-12-10-22(11-13-31)18-21-6-2-1-3-7-21/h1-9,20,22H,10-18H2/b23-20-. The third-order valence-corrected chi connectivity index (χ3v) is 6.44. The Hall–Kier alpha value is -3.33. The van der Waals surface area contributed by atoms with Crippen molar-refractivity contribution in [1.29, 1.82) is 5.26 Å². The second-order valence-corrected chi connectivity index (χ2v) is 8.55. The Kier molecular flexibility index (Phi) is 7.06. The summed E-state index contributed by atoms with van der Waals surface area (Å²) in [5.74, 6) is 0.171. The van der Waals surface area contributed by atoms with Gasteiger partial charge < -0.3 is 14.7 Å². The summed E-state index contributed by atoms with van der Waals surface area (Å²) in [4.78, 5) is 18.8. The summed E-state index contributed by atoms with van der Waals surface area (Å²) in [6, 6.07) is 19.3. The third kappa shape index (κ3) is 5.28. The first-order chi connectivity index (χ1) is 15.6. The summed E-state index contributed by atoms with van der Waals surface area (Å²) in [5, 5.41) is 9.62. The second kappa shape index (κ2) is 10.3. The number of carbonyl (C=O) groups is 1. The summed E-state index contributed by atoms with van der Waals surface area (Å²) in [6.45, 7) is 3.97. The zero-order chi connectivity index (χ0) is 22.3. The normalized spacial score (nSPS) is 17.9. The van der Waals surface area contributed by atoms with E-state index in [1.807, 2.05) is 26.8 Å². The molecular formula is C26H29FN4O. The number of benzene rings is 2. The van der Waals surface area contributed by atoms with Crippen molar-refractivity contribution in [2.45, 2.75) is 19.3 Å². The van der Waals surface area contributed by atoms with E-state index in [-0.39, 0.29) is 17.3 Å². The molecule has 32 heavy (non-hydrogen) atoms. The Morgan fingerprint density at radius 3 is 2.28 bits per heavy atom. The number of hydrogen-bond acceptors (Lipinski definition) is 4. The number of piperidine rings is 1. The number of rotatable bonds is 5. The fourth-order valence-corrected chi connectivity index (χ4v) is 4.57. The van der Waals surface area contributed by atoms with Gasteiger partial charge >= 0.3 is 0 Å². The van der Waals surface area contributed by atoms with Crippen LogP contribution in [0.4, 0.5) is 10.1 Å². The van der Waals surface area contributed by atoms with Gasteiger partial charge in [-0.05, 0) is 42.9 Å². The van der Waals surface area contributed by atoms with Crippen LogP contribution in [0, 0.1) is 23.1 Å². The van der Waals surface area contributed by atoms with Crippen LogP contribution in [0.15, 0.2) is 66.4 Å². The Bertz CT molecular complexity index is 984. The summed E-state index contributed by atoms with van der Waals surface area (Å²) >= 11 is 0. The van der Waals surface area contributed by atoms with E-state index in [1.54, 1.807) is 18.3 Å². The predicted molar refractivity (Wildman–Crippen MR) is 123 cm³/mol. The highest BCUT2D eigenvalue weighted by atomic mass is 19.1. The van der Waals surface area contributed by atoms with E-state index in [0.29, 0.717) is 50.9 Å². The maximum atomic E-state index is 14.0. The van der Waals surface area contributed by atoms with Gasteiger partial charge in [0.1, 0.15) is 17.5 Å². The smallest absolute Gasteiger partial charge is 0.266 e. The molecule has 2 heterocycles. The van der Waals surface area contributed by atoms with Crippen molar-refractivity contribution in [3.63, 3.8) is 0 Å². The molecular weight excluding hydrogens is 403 g/mol. The topological polar surface area (TPSA) is 50.6 Å². The average Bonchev–Trinajstić information content (AvgIpc) is 2.84. The lowest BCUT2D eigenvalue weighted by Gasteiger charge is -2.36. The fraction of sp³-hybridized carbons (Fsp3) is 0.385. The molecule has 0 aromatic heterocycles. The number of anilines is 1. The SMILES string of the molecule is N#C/C(=C/N1CCN(c2ccccc2F)CC1)C(=O)N1CCC(Cc2ccccc2)CC1. The first-order valence-electron chi connectivity index (χ1n) is 11.3. The van der Waals surface area contributed by atoms with Crippen molar-refractivity contribution in [2.24, 2.45) is 5.92 Å². The molecule has 2 aliphatic heterocycles. The zero-order valence-electron chi connectivity index (χ0n) is 18.3. The molecule has 0 N–H and O–H groups in total. The molecule has 5 nitrogen and oxygen atoms in total. The second-order valence-electron chi connectivity index (χ2n) is 8.55. The van der Waals surface area contributed by atoms with Crippen molar-refractivity contribution < 1.29 is 9.18 Å². The van der Waals surface area contributed by atoms with Gasteiger partial charge in [-0.3, -0.25) is 4.79 Å². The van der Waals surface area contributed by atoms with E-state index in [1.165, 1.54) is 11.6 Å². The number of piperazine rings is 1. The molecule has 166 valence electrons. The number of hydrogen-bond donors (Lipinski definition) is 0. The van der Waals surface area contributed by atoms with Gasteiger partial charge in [0.05, 0.1) is 5.69 Å². The van der Waals surface area contributed by atoms with Crippen LogP contribution in [-0.2, 0) is 11.2 Å². The molecule has 0 unspecified atom stereocenters. The van der Waals surface area contributed by atoms with Crippen molar-refractivity contribution in [3.8, 4) is 6.07 Å². The molecule has 0 bridgehead atoms. The maximum absolute atomic E-state index is 14.0. The van der Waals surface area contributed by atoms with Crippen molar-refractivity contribution >= 4 is 11.6 Å². The Balaban J connectivity index is 1.30. The quantitative estimate of drug-likeness (QED) is 0.532. The van der Waals surface area contributed by atoms with Gasteiger partial charge in [0, 0.05) is 45.5 Å². The molecule has 2 aliphatic rings. The van der Waals surface area contributed by atoms with E-state index in [4.69, 9.17) is 0 Å². The summed E-state index contributed by atoms with van der Waals surface area (Å²) in [7, 11) is 0. The van der Waals surface area contributed by atoms with Gasteiger partial charge in [-0.15, -0.1) is 0 Å². The highest BCUT2D eigenvalue weighted by Gasteiger charge is 2.26. The van der Waals surface area contributed by atoms with Crippen LogP contribution < -0.4 is 4.90 Å². The number of para-hydroxylation sites is 1. The lowest BCUT2D eigenvalue weighted by Crippen LogP contribution is -2.45. The average molecular weight is 433 g/mol. The first-order valence-corrected chi connectivity index (χ1v) is 11.3. The number of halogens is 1. The van der Waals surface area contributed by atoms with Crippen LogP contribution in [0.1, 0.15) is 18.4 Å². The van der Waals surface area contributed by atoms with E-state index in [0.717, 1.165) is 19.3 Å². The summed E-state index contributed by atoms with van der Waals surface area (Å²) in [6.07, 6.45) is 4.65. The van der Waals surface area contributed by atoms with Gasteiger partial charge in [-0.1, -0.05) is 42.5 Å². The molecule has 1 amide bonds. The van der Waals surface area contributed by atoms with E-state index in [9.17, 15) is 14.4 Å². The third-order valence-electron chi connectivity index (χ3n) is 6.44. The van der Waals surface area contributed by atoms with Crippen molar-refractivity contribution in [3.05, 3.63) is 77.8 Å². The molecule has 6 heteroatoms. The zero-order valence-corrected chi connectivity index (χ0v) is 18.3. The van der Waals surface area contributed by atoms with E-state index in [2.05, 4.69) is 30.3 Å². The minimum absolute atomic E-state index is 0.179. The molecule has 0 spiro atoms. The van der Waals surface area contributed by atoms with Crippen LogP contribution in [0.25, 0.3) is 0 Å². The molecule has 2 aromatic rings. The van der Waals surface area contributed by atoms with E-state index < -0.39 is 0 Å². The van der Waals surface area contributed by atoms with Gasteiger partial charge in [-0.2, -0.15) is 5.26 Å². The van der Waals surface area contributed by atoms with Crippen molar-refractivity contribution in [1.82, 2.24) is 9.80 Å². The van der Waals surface area contributed by atoms with Crippen molar-refractivity contribution in [2.75, 3.05) is 44.2 Å². The largest absolute Gasteiger partial charge is 0.373 e. The molecule has 0 saturated carbocycles. The Morgan fingerprint density at radius 1 is 0.969 bits per heavy atom. The first kappa shape index (κ1) is 21.9.